The molecule has 0 aliphatic carbocycles. The zero-order chi connectivity index (χ0) is 27.5. The minimum Gasteiger partial charge on any atom is -0.481 e. The molecule has 1 aromatic heterocycles. The number of nitrogens with one attached hydrogen (secondary N) is 4. The van der Waals surface area contributed by atoms with Crippen LogP contribution < -0.4 is 27.4 Å². The average molecular weight is 535 g/mol. The summed E-state index contributed by atoms with van der Waals surface area (Å²) in [6, 6.07) is 3.02. The molecule has 0 saturated carbocycles. The van der Waals surface area contributed by atoms with E-state index in [-0.39, 0.29) is 19.3 Å². The molecule has 4 amide bonds. The van der Waals surface area contributed by atoms with Crippen molar-refractivity contribution in [2.24, 2.45) is 11.5 Å². The number of carbonyl (C=O) groups is 5. The fraction of sp³-hybridized carbons (Fsp3) is 0.458. The van der Waals surface area contributed by atoms with Crippen LogP contribution in [0.15, 0.2) is 30.5 Å². The van der Waals surface area contributed by atoms with Crippen LogP contribution in [0, 0.1) is 0 Å². The SMILES string of the molecule is CCC(N)C(=O)NC(=O)[C@H](CC(=O)O)NC(=O)[C@H](CCSC)NC(=O)[C@@H](N)Cc1c[nH]c2ccccc12. The van der Waals surface area contributed by atoms with Gasteiger partial charge in [0.15, 0.2) is 0 Å². The molecule has 0 fully saturated rings. The highest BCUT2D eigenvalue weighted by atomic mass is 32.2. The Kier molecular flexibility index (Phi) is 11.6. The van der Waals surface area contributed by atoms with Gasteiger partial charge in [0.25, 0.3) is 0 Å². The van der Waals surface area contributed by atoms with Gasteiger partial charge in [0.1, 0.15) is 12.1 Å². The lowest BCUT2D eigenvalue weighted by Gasteiger charge is -2.23. The van der Waals surface area contributed by atoms with E-state index in [4.69, 9.17) is 11.5 Å². The van der Waals surface area contributed by atoms with Gasteiger partial charge < -0.3 is 32.2 Å². The van der Waals surface area contributed by atoms with Crippen LogP contribution in [0.1, 0.15) is 31.7 Å². The average Bonchev–Trinajstić information content (AvgIpc) is 3.27. The number of amides is 4. The Hall–Kier alpha value is -3.42. The Labute approximate surface area is 218 Å². The number of hydrogen-bond acceptors (Lipinski definition) is 8. The van der Waals surface area contributed by atoms with Crippen LogP contribution in [0.25, 0.3) is 10.9 Å². The standard InChI is InChI=1S/C24H34N6O6S/c1-3-15(25)21(33)30-24(36)19(11-20(31)32)29-23(35)18(8-9-37-2)28-22(34)16(26)10-13-12-27-17-7-5-4-6-14(13)17/h4-7,12,15-16,18-19,27H,3,8-11,25-26H2,1-2H3,(H,28,34)(H,29,35)(H,31,32)(H,30,33,36)/t15?,16-,18-,19-/m0/s1. The number of fused-ring (bicyclic) bond motifs is 1. The normalized spacial score (nSPS) is 14.3. The van der Waals surface area contributed by atoms with Crippen LogP contribution in [-0.2, 0) is 30.4 Å². The molecule has 0 aliphatic rings. The summed E-state index contributed by atoms with van der Waals surface area (Å²) in [5.74, 6) is -4.00. The van der Waals surface area contributed by atoms with Gasteiger partial charge in [-0.15, -0.1) is 0 Å². The molecule has 0 radical (unpaired) electrons. The van der Waals surface area contributed by atoms with E-state index in [0.717, 1.165) is 16.5 Å². The monoisotopic (exact) mass is 534 g/mol. The summed E-state index contributed by atoms with van der Waals surface area (Å²) in [5, 5.41) is 17.1. The fourth-order valence-corrected chi connectivity index (χ4v) is 4.03. The van der Waals surface area contributed by atoms with E-state index < -0.39 is 60.2 Å². The number of imide groups is 1. The second-order valence-electron chi connectivity index (χ2n) is 8.54. The van der Waals surface area contributed by atoms with Gasteiger partial charge in [0.2, 0.25) is 23.6 Å². The minimum absolute atomic E-state index is 0.208. The van der Waals surface area contributed by atoms with E-state index in [1.54, 1.807) is 13.1 Å². The molecule has 1 aromatic carbocycles. The Morgan fingerprint density at radius 3 is 2.30 bits per heavy atom. The van der Waals surface area contributed by atoms with Crippen molar-refractivity contribution in [2.75, 3.05) is 12.0 Å². The number of carboxylic acid groups (broad SMARTS) is 1. The van der Waals surface area contributed by atoms with Crippen LogP contribution >= 0.6 is 11.8 Å². The number of benzene rings is 1. The van der Waals surface area contributed by atoms with Gasteiger partial charge >= 0.3 is 5.97 Å². The van der Waals surface area contributed by atoms with Crippen LogP contribution in [0.2, 0.25) is 0 Å². The molecule has 12 nitrogen and oxygen atoms in total. The molecule has 13 heteroatoms. The molecule has 9 N–H and O–H groups in total. The number of hydrogen-bond donors (Lipinski definition) is 7. The number of carbonyl (C=O) groups excluding carboxylic acids is 4. The number of aromatic amines is 1. The van der Waals surface area contributed by atoms with Crippen molar-refractivity contribution in [2.45, 2.75) is 56.8 Å². The zero-order valence-corrected chi connectivity index (χ0v) is 21.6. The lowest BCUT2D eigenvalue weighted by atomic mass is 10.0. The first-order chi connectivity index (χ1) is 17.6. The van der Waals surface area contributed by atoms with Crippen molar-refractivity contribution in [3.05, 3.63) is 36.0 Å². The maximum Gasteiger partial charge on any atom is 0.305 e. The summed E-state index contributed by atoms with van der Waals surface area (Å²) < 4.78 is 0. The highest BCUT2D eigenvalue weighted by Crippen LogP contribution is 2.18. The molecule has 2 aromatic rings. The number of rotatable bonds is 14. The number of H-pyrrole nitrogens is 1. The van der Waals surface area contributed by atoms with Crippen molar-refractivity contribution in [3.8, 4) is 0 Å². The Bertz CT molecular complexity index is 1120. The van der Waals surface area contributed by atoms with Crippen LogP contribution in [0.3, 0.4) is 0 Å². The van der Waals surface area contributed by atoms with Crippen LogP contribution in [0.5, 0.6) is 0 Å². The van der Waals surface area contributed by atoms with E-state index in [2.05, 4.69) is 15.6 Å². The number of para-hydroxylation sites is 1. The Balaban J connectivity index is 2.10. The maximum atomic E-state index is 13.0. The smallest absolute Gasteiger partial charge is 0.305 e. The quantitative estimate of drug-likeness (QED) is 0.168. The second-order valence-corrected chi connectivity index (χ2v) is 9.53. The summed E-state index contributed by atoms with van der Waals surface area (Å²) in [6.07, 6.45) is 3.52. The molecule has 0 spiro atoms. The molecule has 1 heterocycles. The van der Waals surface area contributed by atoms with Gasteiger partial charge in [-0.1, -0.05) is 25.1 Å². The first-order valence-electron chi connectivity index (χ1n) is 11.8. The number of carboxylic acids is 1. The molecule has 1 unspecified atom stereocenters. The van der Waals surface area contributed by atoms with Crippen LogP contribution in [0.4, 0.5) is 0 Å². The number of nitrogens with two attached hydrogens (primary N) is 2. The highest BCUT2D eigenvalue weighted by molar-refractivity contribution is 7.98. The summed E-state index contributed by atoms with van der Waals surface area (Å²) in [5.41, 5.74) is 13.5. The molecule has 0 saturated heterocycles. The Morgan fingerprint density at radius 2 is 1.65 bits per heavy atom. The zero-order valence-electron chi connectivity index (χ0n) is 20.8. The lowest BCUT2D eigenvalue weighted by Crippen LogP contribution is -2.57. The van der Waals surface area contributed by atoms with E-state index in [1.165, 1.54) is 11.8 Å². The van der Waals surface area contributed by atoms with Gasteiger partial charge in [-0.05, 0) is 42.9 Å². The molecule has 0 aliphatic heterocycles. The van der Waals surface area contributed by atoms with E-state index in [9.17, 15) is 29.1 Å². The van der Waals surface area contributed by atoms with Gasteiger partial charge in [0.05, 0.1) is 18.5 Å². The predicted octanol–water partition coefficient (Wildman–Crippen LogP) is -0.385. The summed E-state index contributed by atoms with van der Waals surface area (Å²) in [6.45, 7) is 1.65. The second kappa shape index (κ2) is 14.4. The maximum absolute atomic E-state index is 13.0. The van der Waals surface area contributed by atoms with Gasteiger partial charge in [-0.25, -0.2) is 0 Å². The van der Waals surface area contributed by atoms with Gasteiger partial charge in [-0.2, -0.15) is 11.8 Å². The molecule has 202 valence electrons. The van der Waals surface area contributed by atoms with Crippen LogP contribution in [-0.4, -0.2) is 75.9 Å². The van der Waals surface area contributed by atoms with Gasteiger partial charge in [-0.3, -0.25) is 29.3 Å². The number of thioether (sulfide) groups is 1. The van der Waals surface area contributed by atoms with Gasteiger partial charge in [0, 0.05) is 17.1 Å². The van der Waals surface area contributed by atoms with Crippen molar-refractivity contribution < 1.29 is 29.1 Å². The number of aliphatic carboxylic acids is 1. The molecule has 37 heavy (non-hydrogen) atoms. The van der Waals surface area contributed by atoms with E-state index >= 15 is 0 Å². The Morgan fingerprint density at radius 1 is 0.973 bits per heavy atom. The minimum atomic E-state index is -1.55. The number of aromatic nitrogens is 1. The molecule has 2 rings (SSSR count). The summed E-state index contributed by atoms with van der Waals surface area (Å²) >= 11 is 1.44. The van der Waals surface area contributed by atoms with E-state index in [0.29, 0.717) is 5.75 Å². The van der Waals surface area contributed by atoms with Crippen molar-refractivity contribution in [3.63, 3.8) is 0 Å². The predicted molar refractivity (Wildman–Crippen MR) is 141 cm³/mol. The first-order valence-corrected chi connectivity index (χ1v) is 13.2. The van der Waals surface area contributed by atoms with Crippen molar-refractivity contribution in [1.82, 2.24) is 20.9 Å². The first kappa shape index (κ1) is 29.8. The molecular formula is C24H34N6O6S. The highest BCUT2D eigenvalue weighted by Gasteiger charge is 2.30. The lowest BCUT2D eigenvalue weighted by molar-refractivity contribution is -0.142. The van der Waals surface area contributed by atoms with Crippen molar-refractivity contribution in [1.29, 1.82) is 0 Å². The fourth-order valence-electron chi connectivity index (χ4n) is 3.56. The topological polar surface area (TPSA) is 210 Å². The third kappa shape index (κ3) is 8.88. The molecular weight excluding hydrogens is 500 g/mol. The van der Waals surface area contributed by atoms with Crippen molar-refractivity contribution >= 4 is 52.3 Å². The largest absolute Gasteiger partial charge is 0.481 e. The third-order valence-corrected chi connectivity index (χ3v) is 6.37. The van der Waals surface area contributed by atoms with E-state index in [1.807, 2.05) is 35.8 Å². The molecule has 4 atom stereocenters. The third-order valence-electron chi connectivity index (χ3n) is 5.73. The molecule has 0 bridgehead atoms. The summed E-state index contributed by atoms with van der Waals surface area (Å²) in [4.78, 5) is 64.8. The summed E-state index contributed by atoms with van der Waals surface area (Å²) in [7, 11) is 0.